The lowest BCUT2D eigenvalue weighted by atomic mass is 10.2. The van der Waals surface area contributed by atoms with Crippen LogP contribution in [0.1, 0.15) is 23.7 Å². The molecule has 0 bridgehead atoms. The zero-order valence-corrected chi connectivity index (χ0v) is 9.60. The van der Waals surface area contributed by atoms with Crippen molar-refractivity contribution in [3.63, 3.8) is 0 Å². The Balaban J connectivity index is 2.03. The molecule has 2 heterocycles. The standard InChI is InChI=1S/C10H17N3S/c1-8-7-14-10(12-8)9(2)13-5-3-11-4-6-13/h7,9,11H,3-6H2,1-2H3/t9-/m1/s1. The van der Waals surface area contributed by atoms with Crippen LogP contribution >= 0.6 is 11.3 Å². The highest BCUT2D eigenvalue weighted by molar-refractivity contribution is 7.09. The normalized spacial score (nSPS) is 21.0. The Hall–Kier alpha value is -0.450. The molecule has 1 aromatic heterocycles. The molecular formula is C10H17N3S. The van der Waals surface area contributed by atoms with Crippen molar-refractivity contribution < 1.29 is 0 Å². The lowest BCUT2D eigenvalue weighted by Crippen LogP contribution is -2.44. The molecule has 0 aliphatic carbocycles. The van der Waals surface area contributed by atoms with E-state index in [1.807, 2.05) is 0 Å². The Bertz CT molecular complexity index is 291. The first-order valence-electron chi connectivity index (χ1n) is 5.14. The topological polar surface area (TPSA) is 28.2 Å². The van der Waals surface area contributed by atoms with E-state index in [0.717, 1.165) is 31.9 Å². The van der Waals surface area contributed by atoms with Crippen LogP contribution in [0.15, 0.2) is 5.38 Å². The predicted octanol–water partition coefficient (Wildman–Crippen LogP) is 1.42. The summed E-state index contributed by atoms with van der Waals surface area (Å²) in [5.74, 6) is 0. The molecule has 4 heteroatoms. The van der Waals surface area contributed by atoms with Gasteiger partial charge in [-0.15, -0.1) is 11.3 Å². The molecular weight excluding hydrogens is 194 g/mol. The fourth-order valence-corrected chi connectivity index (χ4v) is 2.68. The van der Waals surface area contributed by atoms with E-state index in [1.54, 1.807) is 11.3 Å². The van der Waals surface area contributed by atoms with E-state index in [4.69, 9.17) is 0 Å². The molecule has 0 spiro atoms. The number of aromatic nitrogens is 1. The highest BCUT2D eigenvalue weighted by Crippen LogP contribution is 2.23. The Morgan fingerprint density at radius 1 is 1.50 bits per heavy atom. The van der Waals surface area contributed by atoms with Gasteiger partial charge in [0.1, 0.15) is 5.01 Å². The van der Waals surface area contributed by atoms with E-state index in [1.165, 1.54) is 5.01 Å². The van der Waals surface area contributed by atoms with Gasteiger partial charge in [-0.2, -0.15) is 0 Å². The number of hydrogen-bond donors (Lipinski definition) is 1. The second kappa shape index (κ2) is 4.38. The lowest BCUT2D eigenvalue weighted by molar-refractivity contribution is 0.185. The smallest absolute Gasteiger partial charge is 0.110 e. The van der Waals surface area contributed by atoms with E-state index in [2.05, 4.69) is 34.4 Å². The molecule has 0 aromatic carbocycles. The van der Waals surface area contributed by atoms with Gasteiger partial charge < -0.3 is 5.32 Å². The molecule has 1 aliphatic heterocycles. The molecule has 2 rings (SSSR count). The van der Waals surface area contributed by atoms with Gasteiger partial charge in [-0.25, -0.2) is 4.98 Å². The summed E-state index contributed by atoms with van der Waals surface area (Å²) in [6, 6.07) is 0.482. The Morgan fingerprint density at radius 2 is 2.21 bits per heavy atom. The molecule has 0 unspecified atom stereocenters. The second-order valence-electron chi connectivity index (χ2n) is 3.79. The van der Waals surface area contributed by atoms with E-state index in [0.29, 0.717) is 6.04 Å². The number of thiazole rings is 1. The third-order valence-electron chi connectivity index (χ3n) is 2.69. The third-order valence-corrected chi connectivity index (χ3v) is 3.83. The number of nitrogens with one attached hydrogen (secondary N) is 1. The van der Waals surface area contributed by atoms with E-state index >= 15 is 0 Å². The zero-order valence-electron chi connectivity index (χ0n) is 8.79. The maximum absolute atomic E-state index is 4.54. The number of rotatable bonds is 2. The van der Waals surface area contributed by atoms with Crippen molar-refractivity contribution >= 4 is 11.3 Å². The van der Waals surface area contributed by atoms with Gasteiger partial charge >= 0.3 is 0 Å². The van der Waals surface area contributed by atoms with Gasteiger partial charge in [0.05, 0.1) is 6.04 Å². The van der Waals surface area contributed by atoms with Crippen LogP contribution in [-0.4, -0.2) is 36.1 Å². The van der Waals surface area contributed by atoms with Crippen molar-refractivity contribution in [2.75, 3.05) is 26.2 Å². The molecule has 1 saturated heterocycles. The van der Waals surface area contributed by atoms with Gasteiger partial charge in [0, 0.05) is 37.3 Å². The Kier molecular flexibility index (Phi) is 3.15. The first kappa shape index (κ1) is 10.1. The average molecular weight is 211 g/mol. The summed E-state index contributed by atoms with van der Waals surface area (Å²) in [5.41, 5.74) is 1.15. The summed E-state index contributed by atoms with van der Waals surface area (Å²) >= 11 is 1.78. The minimum atomic E-state index is 0.482. The van der Waals surface area contributed by atoms with Crippen molar-refractivity contribution in [2.24, 2.45) is 0 Å². The first-order valence-corrected chi connectivity index (χ1v) is 6.02. The van der Waals surface area contributed by atoms with E-state index in [9.17, 15) is 0 Å². The molecule has 0 saturated carbocycles. The minimum absolute atomic E-state index is 0.482. The first-order chi connectivity index (χ1) is 6.77. The maximum Gasteiger partial charge on any atom is 0.110 e. The number of aryl methyl sites for hydroxylation is 1. The highest BCUT2D eigenvalue weighted by Gasteiger charge is 2.19. The summed E-state index contributed by atoms with van der Waals surface area (Å²) in [7, 11) is 0. The van der Waals surface area contributed by atoms with Crippen LogP contribution in [-0.2, 0) is 0 Å². The predicted molar refractivity (Wildman–Crippen MR) is 59.7 cm³/mol. The molecule has 14 heavy (non-hydrogen) atoms. The molecule has 78 valence electrons. The van der Waals surface area contributed by atoms with Gasteiger partial charge in [-0.3, -0.25) is 4.90 Å². The fourth-order valence-electron chi connectivity index (χ4n) is 1.79. The number of piperazine rings is 1. The summed E-state index contributed by atoms with van der Waals surface area (Å²) in [4.78, 5) is 7.04. The van der Waals surface area contributed by atoms with Gasteiger partial charge in [-0.1, -0.05) is 0 Å². The third kappa shape index (κ3) is 2.13. The van der Waals surface area contributed by atoms with Crippen LogP contribution in [0.5, 0.6) is 0 Å². The largest absolute Gasteiger partial charge is 0.314 e. The highest BCUT2D eigenvalue weighted by atomic mass is 32.1. The number of nitrogens with zero attached hydrogens (tertiary/aromatic N) is 2. The summed E-state index contributed by atoms with van der Waals surface area (Å²) in [6.07, 6.45) is 0. The minimum Gasteiger partial charge on any atom is -0.314 e. The monoisotopic (exact) mass is 211 g/mol. The van der Waals surface area contributed by atoms with Crippen LogP contribution in [0.3, 0.4) is 0 Å². The molecule has 1 aromatic rings. The van der Waals surface area contributed by atoms with Gasteiger partial charge in [0.2, 0.25) is 0 Å². The fraction of sp³-hybridized carbons (Fsp3) is 0.700. The van der Waals surface area contributed by atoms with E-state index < -0.39 is 0 Å². The SMILES string of the molecule is Cc1csc([C@@H](C)N2CCNCC2)n1. The van der Waals surface area contributed by atoms with Gasteiger partial charge in [0.25, 0.3) is 0 Å². The molecule has 1 atom stereocenters. The molecule has 0 amide bonds. The van der Waals surface area contributed by atoms with Gasteiger partial charge in [-0.05, 0) is 13.8 Å². The van der Waals surface area contributed by atoms with Crippen molar-refractivity contribution in [2.45, 2.75) is 19.9 Å². The van der Waals surface area contributed by atoms with Crippen molar-refractivity contribution in [1.82, 2.24) is 15.2 Å². The van der Waals surface area contributed by atoms with Crippen molar-refractivity contribution in [1.29, 1.82) is 0 Å². The average Bonchev–Trinajstić information content (AvgIpc) is 2.65. The van der Waals surface area contributed by atoms with Crippen molar-refractivity contribution in [3.05, 3.63) is 16.1 Å². The molecule has 3 nitrogen and oxygen atoms in total. The van der Waals surface area contributed by atoms with Crippen molar-refractivity contribution in [3.8, 4) is 0 Å². The quantitative estimate of drug-likeness (QED) is 0.802. The molecule has 1 aliphatic rings. The van der Waals surface area contributed by atoms with E-state index in [-0.39, 0.29) is 0 Å². The van der Waals surface area contributed by atoms with Crippen LogP contribution < -0.4 is 5.32 Å². The molecule has 1 fully saturated rings. The zero-order chi connectivity index (χ0) is 9.97. The molecule has 0 radical (unpaired) electrons. The van der Waals surface area contributed by atoms with Crippen LogP contribution in [0.2, 0.25) is 0 Å². The lowest BCUT2D eigenvalue weighted by Gasteiger charge is -2.31. The van der Waals surface area contributed by atoms with Gasteiger partial charge in [0.15, 0.2) is 0 Å². The summed E-state index contributed by atoms with van der Waals surface area (Å²) in [6.45, 7) is 8.80. The number of hydrogen-bond acceptors (Lipinski definition) is 4. The Labute approximate surface area is 89.1 Å². The van der Waals surface area contributed by atoms with Crippen LogP contribution in [0.4, 0.5) is 0 Å². The van der Waals surface area contributed by atoms with Crippen LogP contribution in [0, 0.1) is 6.92 Å². The second-order valence-corrected chi connectivity index (χ2v) is 4.68. The summed E-state index contributed by atoms with van der Waals surface area (Å²) < 4.78 is 0. The summed E-state index contributed by atoms with van der Waals surface area (Å²) in [5, 5.41) is 6.75. The Morgan fingerprint density at radius 3 is 2.79 bits per heavy atom. The van der Waals surface area contributed by atoms with Crippen LogP contribution in [0.25, 0.3) is 0 Å². The maximum atomic E-state index is 4.54. The molecule has 1 N–H and O–H groups in total.